The topological polar surface area (TPSA) is 77.5 Å². The van der Waals surface area contributed by atoms with E-state index < -0.39 is 10.1 Å². The highest BCUT2D eigenvalue weighted by Crippen LogP contribution is 2.11. The van der Waals surface area contributed by atoms with E-state index in [1.54, 1.807) is 4.90 Å². The average Bonchev–Trinajstić information content (AvgIpc) is 2.27. The molecule has 18 heavy (non-hydrogen) atoms. The summed E-state index contributed by atoms with van der Waals surface area (Å²) in [6.07, 6.45) is 1.68. The lowest BCUT2D eigenvalue weighted by Gasteiger charge is -2.41. The summed E-state index contributed by atoms with van der Waals surface area (Å²) in [6, 6.07) is 0. The monoisotopic (exact) mass is 276 g/mol. The Morgan fingerprint density at radius 1 is 1.44 bits per heavy atom. The molecule has 1 amide bonds. The molecule has 0 atom stereocenters. The van der Waals surface area contributed by atoms with Gasteiger partial charge in [-0.05, 0) is 6.08 Å². The molecule has 7 heteroatoms. The molecule has 0 N–H and O–H groups in total. The first-order valence-electron chi connectivity index (χ1n) is 5.94. The lowest BCUT2D eigenvalue weighted by Crippen LogP contribution is -2.58. The number of hydrogen-bond donors (Lipinski definition) is 0. The van der Waals surface area contributed by atoms with Crippen molar-refractivity contribution < 1.29 is 22.2 Å². The Balaban J connectivity index is 2.40. The predicted octanol–water partition coefficient (Wildman–Crippen LogP) is -0.603. The third-order valence-corrected chi connectivity index (χ3v) is 4.19. The second-order valence-electron chi connectivity index (χ2n) is 4.94. The Bertz CT molecular complexity index is 411. The van der Waals surface area contributed by atoms with Gasteiger partial charge in [0.1, 0.15) is 0 Å². The van der Waals surface area contributed by atoms with Gasteiger partial charge in [0.05, 0.1) is 49.9 Å². The molecule has 1 aliphatic heterocycles. The van der Waals surface area contributed by atoms with Crippen molar-refractivity contribution in [1.82, 2.24) is 4.90 Å². The molecule has 0 aliphatic carbocycles. The second kappa shape index (κ2) is 5.81. The van der Waals surface area contributed by atoms with Gasteiger partial charge in [0.25, 0.3) is 0 Å². The van der Waals surface area contributed by atoms with Crippen molar-refractivity contribution in [3.8, 4) is 0 Å². The summed E-state index contributed by atoms with van der Waals surface area (Å²) in [6.45, 7) is 6.94. The number of rotatable bonds is 5. The number of likely N-dealkylation sites (N-methyl/N-ethyl adjacent to an activating group) is 1. The van der Waals surface area contributed by atoms with Crippen molar-refractivity contribution in [1.29, 1.82) is 0 Å². The number of piperazine rings is 1. The van der Waals surface area contributed by atoms with Gasteiger partial charge in [-0.3, -0.25) is 4.79 Å². The maximum absolute atomic E-state index is 11.4. The first kappa shape index (κ1) is 15.1. The molecule has 6 nitrogen and oxygen atoms in total. The molecule has 1 rings (SSSR count). The molecule has 0 aromatic heterocycles. The van der Waals surface area contributed by atoms with E-state index >= 15 is 0 Å². The van der Waals surface area contributed by atoms with Gasteiger partial charge in [0.15, 0.2) is 0 Å². The van der Waals surface area contributed by atoms with Crippen molar-refractivity contribution in [3.05, 3.63) is 12.7 Å². The summed E-state index contributed by atoms with van der Waals surface area (Å²) >= 11 is 0. The fraction of sp³-hybridized carbons (Fsp3) is 0.727. The van der Waals surface area contributed by atoms with E-state index in [1.807, 2.05) is 7.05 Å². The number of nitrogens with zero attached hydrogens (tertiary/aromatic N) is 2. The van der Waals surface area contributed by atoms with E-state index in [0.717, 1.165) is 13.1 Å². The van der Waals surface area contributed by atoms with Crippen LogP contribution in [0.2, 0.25) is 0 Å². The van der Waals surface area contributed by atoms with Crippen LogP contribution in [0.1, 0.15) is 6.42 Å². The third kappa shape index (κ3) is 4.75. The fourth-order valence-corrected chi connectivity index (χ4v) is 2.63. The summed E-state index contributed by atoms with van der Waals surface area (Å²) in [5, 5.41) is 0. The smallest absolute Gasteiger partial charge is 0.246 e. The highest BCUT2D eigenvalue weighted by atomic mass is 32.2. The van der Waals surface area contributed by atoms with Crippen molar-refractivity contribution in [2.75, 3.05) is 45.5 Å². The zero-order chi connectivity index (χ0) is 13.8. The van der Waals surface area contributed by atoms with E-state index in [2.05, 4.69) is 6.58 Å². The number of hydrogen-bond acceptors (Lipinski definition) is 4. The van der Waals surface area contributed by atoms with Crippen LogP contribution in [0.3, 0.4) is 0 Å². The van der Waals surface area contributed by atoms with Crippen molar-refractivity contribution in [2.24, 2.45) is 0 Å². The quantitative estimate of drug-likeness (QED) is 0.381. The summed E-state index contributed by atoms with van der Waals surface area (Å²) in [5.41, 5.74) is 0. The number of amides is 1. The molecule has 1 saturated heterocycles. The minimum atomic E-state index is -4.12. The third-order valence-electron chi connectivity index (χ3n) is 3.40. The van der Waals surface area contributed by atoms with Gasteiger partial charge in [0.2, 0.25) is 5.91 Å². The summed E-state index contributed by atoms with van der Waals surface area (Å²) in [4.78, 5) is 13.1. The zero-order valence-electron chi connectivity index (χ0n) is 10.7. The van der Waals surface area contributed by atoms with Crippen LogP contribution in [0.25, 0.3) is 0 Å². The molecule has 0 spiro atoms. The first-order chi connectivity index (χ1) is 8.26. The molecule has 1 aliphatic rings. The molecule has 104 valence electrons. The van der Waals surface area contributed by atoms with E-state index in [9.17, 15) is 17.8 Å². The van der Waals surface area contributed by atoms with Crippen LogP contribution in [0.5, 0.6) is 0 Å². The maximum atomic E-state index is 11.4. The normalized spacial score (nSPS) is 19.6. The standard InChI is InChI=1S/C11H20N2O4S/c1-3-11(14)12-5-8-13(2,9-6-12)7-4-10-18(15,16)17/h3H,1,4-10H2,2H3. The van der Waals surface area contributed by atoms with Gasteiger partial charge in [0, 0.05) is 12.2 Å². The van der Waals surface area contributed by atoms with E-state index in [1.165, 1.54) is 6.08 Å². The Labute approximate surface area is 108 Å². The minimum Gasteiger partial charge on any atom is -0.748 e. The fourth-order valence-electron chi connectivity index (χ4n) is 2.14. The van der Waals surface area contributed by atoms with Gasteiger partial charge in [-0.2, -0.15) is 0 Å². The number of carbonyl (C=O) groups excluding carboxylic acids is 1. The number of carbonyl (C=O) groups is 1. The maximum Gasteiger partial charge on any atom is 0.246 e. The van der Waals surface area contributed by atoms with Gasteiger partial charge in [-0.15, -0.1) is 0 Å². The summed E-state index contributed by atoms with van der Waals surface area (Å²) < 4.78 is 32.3. The van der Waals surface area contributed by atoms with Gasteiger partial charge in [-0.1, -0.05) is 6.58 Å². The predicted molar refractivity (Wildman–Crippen MR) is 66.7 cm³/mol. The van der Waals surface area contributed by atoms with Crippen molar-refractivity contribution >= 4 is 16.0 Å². The zero-order valence-corrected chi connectivity index (χ0v) is 11.5. The van der Waals surface area contributed by atoms with E-state index in [0.29, 0.717) is 30.5 Å². The van der Waals surface area contributed by atoms with Crippen LogP contribution in [-0.2, 0) is 14.9 Å². The van der Waals surface area contributed by atoms with Crippen LogP contribution in [0, 0.1) is 0 Å². The molecule has 0 radical (unpaired) electrons. The minimum absolute atomic E-state index is 0.0663. The van der Waals surface area contributed by atoms with E-state index in [-0.39, 0.29) is 11.7 Å². The summed E-state index contributed by atoms with van der Waals surface area (Å²) in [5.74, 6) is -0.376. The second-order valence-corrected chi connectivity index (χ2v) is 6.46. The molecule has 1 heterocycles. The molecule has 0 aromatic carbocycles. The van der Waals surface area contributed by atoms with E-state index in [4.69, 9.17) is 0 Å². The Morgan fingerprint density at radius 3 is 2.44 bits per heavy atom. The molecule has 0 aromatic rings. The highest BCUT2D eigenvalue weighted by molar-refractivity contribution is 7.85. The Morgan fingerprint density at radius 2 is 2.00 bits per heavy atom. The van der Waals surface area contributed by atoms with Gasteiger partial charge >= 0.3 is 0 Å². The lowest BCUT2D eigenvalue weighted by atomic mass is 10.2. The van der Waals surface area contributed by atoms with Gasteiger partial charge < -0.3 is 13.9 Å². The number of quaternary nitrogens is 1. The molecular weight excluding hydrogens is 256 g/mol. The average molecular weight is 276 g/mol. The van der Waals surface area contributed by atoms with Crippen LogP contribution >= 0.6 is 0 Å². The Kier molecular flexibility index (Phi) is 4.89. The first-order valence-corrected chi connectivity index (χ1v) is 7.52. The molecule has 1 fully saturated rings. The lowest BCUT2D eigenvalue weighted by molar-refractivity contribution is -0.913. The highest BCUT2D eigenvalue weighted by Gasteiger charge is 2.29. The van der Waals surface area contributed by atoms with Crippen LogP contribution in [0.4, 0.5) is 0 Å². The Hall–Kier alpha value is -0.920. The molecule has 0 unspecified atom stereocenters. The van der Waals surface area contributed by atoms with Crippen LogP contribution in [0.15, 0.2) is 12.7 Å². The molecular formula is C11H20N2O4S. The molecule has 0 bridgehead atoms. The molecule has 0 saturated carbocycles. The van der Waals surface area contributed by atoms with Crippen molar-refractivity contribution in [3.63, 3.8) is 0 Å². The SMILES string of the molecule is C=CC(=O)N1CC[N+](C)(CCCS(=O)(=O)[O-])CC1. The van der Waals surface area contributed by atoms with Crippen molar-refractivity contribution in [2.45, 2.75) is 6.42 Å². The van der Waals surface area contributed by atoms with Gasteiger partial charge in [-0.25, -0.2) is 8.42 Å². The van der Waals surface area contributed by atoms with Crippen LogP contribution < -0.4 is 0 Å². The summed E-state index contributed by atoms with van der Waals surface area (Å²) in [7, 11) is -2.10. The van der Waals surface area contributed by atoms with Crippen LogP contribution in [-0.4, -0.2) is 73.8 Å². The largest absolute Gasteiger partial charge is 0.748 e.